The van der Waals surface area contributed by atoms with Gasteiger partial charge in [-0.2, -0.15) is 15.5 Å². The summed E-state index contributed by atoms with van der Waals surface area (Å²) in [6, 6.07) is 9.16. The van der Waals surface area contributed by atoms with Gasteiger partial charge in [-0.15, -0.1) is 0 Å². The Morgan fingerprint density at radius 1 is 1.26 bits per heavy atom. The van der Waals surface area contributed by atoms with Crippen LogP contribution in [0.1, 0.15) is 16.7 Å². The van der Waals surface area contributed by atoms with Crippen molar-refractivity contribution in [3.05, 3.63) is 59.2 Å². The first-order chi connectivity index (χ1) is 13.1. The number of fused-ring (bicyclic) bond motifs is 1. The van der Waals surface area contributed by atoms with Crippen molar-refractivity contribution >= 4 is 10.9 Å². The minimum absolute atomic E-state index is 0.343. The van der Waals surface area contributed by atoms with Gasteiger partial charge < -0.3 is 5.32 Å². The van der Waals surface area contributed by atoms with Crippen LogP contribution in [-0.4, -0.2) is 27.4 Å². The van der Waals surface area contributed by atoms with Gasteiger partial charge in [-0.1, -0.05) is 6.07 Å². The maximum absolute atomic E-state index is 15.0. The van der Waals surface area contributed by atoms with Crippen molar-refractivity contribution in [3.8, 4) is 28.5 Å². The first-order valence-corrected chi connectivity index (χ1v) is 8.47. The zero-order valence-corrected chi connectivity index (χ0v) is 14.9. The number of hydrogen-bond acceptors (Lipinski definition) is 4. The largest absolute Gasteiger partial charge is 0.316 e. The first-order valence-electron chi connectivity index (χ1n) is 8.47. The van der Waals surface area contributed by atoms with Gasteiger partial charge >= 0.3 is 0 Å². The van der Waals surface area contributed by atoms with Crippen LogP contribution < -0.4 is 5.32 Å². The van der Waals surface area contributed by atoms with Gasteiger partial charge in [0.25, 0.3) is 0 Å². The van der Waals surface area contributed by atoms with Crippen molar-refractivity contribution in [3.63, 3.8) is 0 Å². The second-order valence-corrected chi connectivity index (χ2v) is 6.41. The highest BCUT2D eigenvalue weighted by Gasteiger charge is 2.18. The number of aryl methyl sites for hydroxylation is 1. The van der Waals surface area contributed by atoms with Crippen molar-refractivity contribution in [2.75, 3.05) is 7.05 Å². The molecule has 2 heterocycles. The summed E-state index contributed by atoms with van der Waals surface area (Å²) in [5, 5.41) is 27.4. The Balaban J connectivity index is 1.96. The molecule has 0 aliphatic rings. The molecule has 2 aromatic heterocycles. The highest BCUT2D eigenvalue weighted by atomic mass is 19.1. The second-order valence-electron chi connectivity index (χ2n) is 6.41. The predicted octanol–water partition coefficient (Wildman–Crippen LogP) is 3.66. The van der Waals surface area contributed by atoms with Crippen molar-refractivity contribution in [2.24, 2.45) is 0 Å². The fourth-order valence-corrected chi connectivity index (χ4v) is 3.43. The fraction of sp³-hybridized carbons (Fsp3) is 0.150. The monoisotopic (exact) mass is 360 g/mol. The molecule has 0 amide bonds. The molecule has 4 aromatic rings. The van der Waals surface area contributed by atoms with E-state index in [-0.39, 0.29) is 5.82 Å². The van der Waals surface area contributed by atoms with Gasteiger partial charge in [0.1, 0.15) is 11.5 Å². The molecule has 4 rings (SSSR count). The molecular weight excluding hydrogens is 343 g/mol. The van der Waals surface area contributed by atoms with Crippen LogP contribution in [0.25, 0.3) is 33.3 Å². The Morgan fingerprint density at radius 3 is 2.78 bits per heavy atom. The zero-order chi connectivity index (χ0) is 19.0. The molecule has 27 heavy (non-hydrogen) atoms. The summed E-state index contributed by atoms with van der Waals surface area (Å²) in [5.74, 6) is -0.343. The van der Waals surface area contributed by atoms with Gasteiger partial charge in [0, 0.05) is 34.8 Å². The minimum atomic E-state index is -0.343. The molecule has 0 spiro atoms. The molecule has 0 atom stereocenters. The van der Waals surface area contributed by atoms with E-state index in [2.05, 4.69) is 31.8 Å². The summed E-state index contributed by atoms with van der Waals surface area (Å²) < 4.78 is 15.0. The molecule has 7 heteroatoms. The third kappa shape index (κ3) is 2.86. The van der Waals surface area contributed by atoms with Gasteiger partial charge in [0.2, 0.25) is 0 Å². The maximum Gasteiger partial charge on any atom is 0.131 e. The highest BCUT2D eigenvalue weighted by Crippen LogP contribution is 2.35. The van der Waals surface area contributed by atoms with Crippen molar-refractivity contribution in [1.29, 1.82) is 5.26 Å². The van der Waals surface area contributed by atoms with Gasteiger partial charge in [0.05, 0.1) is 23.3 Å². The Morgan fingerprint density at radius 2 is 2.11 bits per heavy atom. The Labute approximate surface area is 155 Å². The number of aromatic amines is 2. The molecule has 6 nitrogen and oxygen atoms in total. The highest BCUT2D eigenvalue weighted by molar-refractivity contribution is 5.97. The van der Waals surface area contributed by atoms with Crippen LogP contribution in [0, 0.1) is 24.1 Å². The van der Waals surface area contributed by atoms with E-state index < -0.39 is 0 Å². The molecule has 0 aliphatic carbocycles. The standard InChI is InChI=1S/C20H17FN6/c1-11-3-12(8-23-2)4-17(21)19(11)15-6-16-18(5-13(15)7-22)26-27-20(16)14-9-24-25-10-14/h3-6,9-10,23H,8H2,1-2H3,(H,24,25)(H,26,27). The summed E-state index contributed by atoms with van der Waals surface area (Å²) in [4.78, 5) is 0. The van der Waals surface area contributed by atoms with Crippen molar-refractivity contribution in [1.82, 2.24) is 25.7 Å². The zero-order valence-electron chi connectivity index (χ0n) is 14.9. The van der Waals surface area contributed by atoms with Crippen LogP contribution in [0.2, 0.25) is 0 Å². The fourth-order valence-electron chi connectivity index (χ4n) is 3.43. The molecule has 0 saturated heterocycles. The molecule has 0 aliphatic heterocycles. The number of nitrogens with one attached hydrogen (secondary N) is 3. The van der Waals surface area contributed by atoms with Crippen molar-refractivity contribution in [2.45, 2.75) is 13.5 Å². The van der Waals surface area contributed by atoms with Gasteiger partial charge in [-0.25, -0.2) is 4.39 Å². The summed E-state index contributed by atoms with van der Waals surface area (Å²) in [5.41, 5.74) is 5.27. The van der Waals surface area contributed by atoms with Crippen LogP contribution >= 0.6 is 0 Å². The van der Waals surface area contributed by atoms with Crippen LogP contribution in [0.5, 0.6) is 0 Å². The summed E-state index contributed by atoms with van der Waals surface area (Å²) in [6.45, 7) is 2.43. The van der Waals surface area contributed by atoms with E-state index in [4.69, 9.17) is 0 Å². The van der Waals surface area contributed by atoms with E-state index in [9.17, 15) is 9.65 Å². The molecular formula is C20H17FN6. The molecule has 0 saturated carbocycles. The van der Waals surface area contributed by atoms with Gasteiger partial charge in [-0.05, 0) is 43.3 Å². The van der Waals surface area contributed by atoms with E-state index in [1.165, 1.54) is 6.07 Å². The van der Waals surface area contributed by atoms with E-state index in [1.54, 1.807) is 18.5 Å². The number of halogens is 1. The second kappa shape index (κ2) is 6.67. The normalized spacial score (nSPS) is 11.0. The average molecular weight is 360 g/mol. The molecule has 3 N–H and O–H groups in total. The van der Waals surface area contributed by atoms with E-state index in [0.29, 0.717) is 28.9 Å². The number of nitrogens with zero attached hydrogens (tertiary/aromatic N) is 3. The lowest BCUT2D eigenvalue weighted by Gasteiger charge is -2.12. The summed E-state index contributed by atoms with van der Waals surface area (Å²) in [7, 11) is 1.82. The minimum Gasteiger partial charge on any atom is -0.316 e. The smallest absolute Gasteiger partial charge is 0.131 e. The Bertz CT molecular complexity index is 1140. The summed E-state index contributed by atoms with van der Waals surface area (Å²) in [6.07, 6.45) is 3.41. The van der Waals surface area contributed by atoms with Crippen LogP contribution in [0.15, 0.2) is 36.7 Å². The average Bonchev–Trinajstić information content (AvgIpc) is 3.29. The Kier molecular flexibility index (Phi) is 4.18. The number of nitriles is 1. The van der Waals surface area contributed by atoms with Gasteiger partial charge in [-0.3, -0.25) is 10.2 Å². The summed E-state index contributed by atoms with van der Waals surface area (Å²) >= 11 is 0. The van der Waals surface area contributed by atoms with Gasteiger partial charge in [0.15, 0.2) is 0 Å². The third-order valence-electron chi connectivity index (χ3n) is 4.59. The lowest BCUT2D eigenvalue weighted by atomic mass is 9.92. The van der Waals surface area contributed by atoms with E-state index >= 15 is 0 Å². The van der Waals surface area contributed by atoms with E-state index in [1.807, 2.05) is 26.1 Å². The molecule has 0 unspecified atom stereocenters. The SMILES string of the molecule is CNCc1cc(C)c(-c2cc3c(-c4cn[nH]c4)n[nH]c3cc2C#N)c(F)c1. The Hall–Kier alpha value is -3.50. The van der Waals surface area contributed by atoms with Crippen LogP contribution in [0.4, 0.5) is 4.39 Å². The number of aromatic nitrogens is 4. The van der Waals surface area contributed by atoms with Crippen LogP contribution in [0.3, 0.4) is 0 Å². The molecule has 0 bridgehead atoms. The quantitative estimate of drug-likeness (QED) is 0.518. The predicted molar refractivity (Wildman–Crippen MR) is 101 cm³/mol. The maximum atomic E-state index is 15.0. The first kappa shape index (κ1) is 16.9. The number of rotatable bonds is 4. The molecule has 0 fully saturated rings. The lowest BCUT2D eigenvalue weighted by molar-refractivity contribution is 0.626. The molecule has 134 valence electrons. The van der Waals surface area contributed by atoms with Crippen molar-refractivity contribution < 1.29 is 4.39 Å². The van der Waals surface area contributed by atoms with E-state index in [0.717, 1.165) is 27.6 Å². The number of hydrogen-bond donors (Lipinski definition) is 3. The third-order valence-corrected chi connectivity index (χ3v) is 4.59. The topological polar surface area (TPSA) is 93.2 Å². The van der Waals surface area contributed by atoms with Crippen LogP contribution in [-0.2, 0) is 6.54 Å². The number of H-pyrrole nitrogens is 2. The lowest BCUT2D eigenvalue weighted by Crippen LogP contribution is -2.06. The number of benzene rings is 2. The molecule has 2 aromatic carbocycles. The molecule has 0 radical (unpaired) electrons.